The lowest BCUT2D eigenvalue weighted by Gasteiger charge is -2.26. The quantitative estimate of drug-likeness (QED) is 0.316. The molecular weight excluding hydrogens is 555 g/mol. The highest BCUT2D eigenvalue weighted by Crippen LogP contribution is 2.35. The number of nitrogens with zero attached hydrogens (tertiary/aromatic N) is 7. The third-order valence-electron chi connectivity index (χ3n) is 6.58. The highest BCUT2D eigenvalue weighted by Gasteiger charge is 2.24. The second-order valence-electron chi connectivity index (χ2n) is 8.75. The number of halogens is 1. The van der Waals surface area contributed by atoms with E-state index in [1.165, 1.54) is 11.9 Å². The van der Waals surface area contributed by atoms with Crippen LogP contribution in [0.5, 0.6) is 0 Å². The lowest BCUT2D eigenvalue weighted by atomic mass is 10.1. The van der Waals surface area contributed by atoms with E-state index in [4.69, 9.17) is 20.6 Å². The molecule has 1 aliphatic rings. The molecule has 1 aliphatic heterocycles. The van der Waals surface area contributed by atoms with Gasteiger partial charge in [0.2, 0.25) is 0 Å². The summed E-state index contributed by atoms with van der Waals surface area (Å²) < 4.78 is 10.4. The monoisotopic (exact) mass is 580 g/mol. The van der Waals surface area contributed by atoms with E-state index in [2.05, 4.69) is 85.3 Å². The molecule has 0 aliphatic carbocycles. The Labute approximate surface area is 216 Å². The summed E-state index contributed by atoms with van der Waals surface area (Å²) in [6.45, 7) is 6.48. The maximum atomic E-state index is 6.15. The molecule has 6 heterocycles. The maximum absolute atomic E-state index is 6.15. The van der Waals surface area contributed by atoms with Crippen molar-refractivity contribution in [3.8, 4) is 11.4 Å². The SMILES string of the molecule is CC(c1cc2ccccn2c1-c1cc(CN2CCOCC2)ccn1)n1nc(I)c2c(N)ncnc21. The first-order valence-corrected chi connectivity index (χ1v) is 12.7. The van der Waals surface area contributed by atoms with E-state index >= 15 is 0 Å². The molecule has 178 valence electrons. The largest absolute Gasteiger partial charge is 0.383 e. The van der Waals surface area contributed by atoms with E-state index in [-0.39, 0.29) is 6.04 Å². The van der Waals surface area contributed by atoms with Crippen LogP contribution in [-0.2, 0) is 11.3 Å². The summed E-state index contributed by atoms with van der Waals surface area (Å²) in [7, 11) is 0. The number of nitrogens with two attached hydrogens (primary N) is 1. The number of nitrogen functional groups attached to an aromatic ring is 1. The summed E-state index contributed by atoms with van der Waals surface area (Å²) in [5, 5.41) is 5.59. The average Bonchev–Trinajstić information content (AvgIpc) is 3.43. The Hall–Kier alpha value is -3.09. The van der Waals surface area contributed by atoms with Crippen molar-refractivity contribution in [1.29, 1.82) is 0 Å². The van der Waals surface area contributed by atoms with Crippen molar-refractivity contribution in [2.24, 2.45) is 0 Å². The van der Waals surface area contributed by atoms with Crippen LogP contribution in [0.25, 0.3) is 27.9 Å². The van der Waals surface area contributed by atoms with Gasteiger partial charge in [-0.1, -0.05) is 6.07 Å². The molecule has 5 aromatic rings. The molecule has 9 nitrogen and oxygen atoms in total. The van der Waals surface area contributed by atoms with Gasteiger partial charge in [0.1, 0.15) is 15.8 Å². The lowest BCUT2D eigenvalue weighted by Crippen LogP contribution is -2.35. The van der Waals surface area contributed by atoms with Crippen LogP contribution < -0.4 is 5.73 Å². The molecular formula is C25H25IN8O. The van der Waals surface area contributed by atoms with Crippen molar-refractivity contribution in [2.45, 2.75) is 19.5 Å². The van der Waals surface area contributed by atoms with Crippen LogP contribution in [0.15, 0.2) is 55.1 Å². The maximum Gasteiger partial charge on any atom is 0.165 e. The van der Waals surface area contributed by atoms with Crippen molar-refractivity contribution >= 4 is 45.0 Å². The van der Waals surface area contributed by atoms with Crippen molar-refractivity contribution in [3.63, 3.8) is 0 Å². The van der Waals surface area contributed by atoms with Crippen molar-refractivity contribution < 1.29 is 4.74 Å². The highest BCUT2D eigenvalue weighted by molar-refractivity contribution is 14.1. The van der Waals surface area contributed by atoms with E-state index in [0.717, 1.165) is 70.1 Å². The number of rotatable bonds is 5. The molecule has 1 atom stereocenters. The van der Waals surface area contributed by atoms with E-state index in [9.17, 15) is 0 Å². The predicted molar refractivity (Wildman–Crippen MR) is 143 cm³/mol. The fourth-order valence-corrected chi connectivity index (χ4v) is 5.56. The molecule has 1 saturated heterocycles. The molecule has 5 aromatic heterocycles. The van der Waals surface area contributed by atoms with Gasteiger partial charge in [0, 0.05) is 43.1 Å². The van der Waals surface area contributed by atoms with Crippen LogP contribution >= 0.6 is 22.6 Å². The van der Waals surface area contributed by atoms with Gasteiger partial charge in [-0.2, -0.15) is 5.10 Å². The Morgan fingerprint density at radius 1 is 1.11 bits per heavy atom. The van der Waals surface area contributed by atoms with Gasteiger partial charge in [0.15, 0.2) is 5.65 Å². The second-order valence-corrected chi connectivity index (χ2v) is 9.77. The minimum absolute atomic E-state index is 0.102. The number of hydrogen-bond donors (Lipinski definition) is 1. The van der Waals surface area contributed by atoms with Gasteiger partial charge < -0.3 is 14.9 Å². The molecule has 2 N–H and O–H groups in total. The molecule has 1 unspecified atom stereocenters. The molecule has 35 heavy (non-hydrogen) atoms. The predicted octanol–water partition coefficient (Wildman–Crippen LogP) is 3.77. The third-order valence-corrected chi connectivity index (χ3v) is 7.33. The van der Waals surface area contributed by atoms with E-state index in [1.807, 2.05) is 16.9 Å². The zero-order chi connectivity index (χ0) is 23.9. The van der Waals surface area contributed by atoms with Crippen LogP contribution in [-0.4, -0.2) is 60.3 Å². The summed E-state index contributed by atoms with van der Waals surface area (Å²) in [5.41, 5.74) is 12.3. The molecule has 1 fully saturated rings. The summed E-state index contributed by atoms with van der Waals surface area (Å²) in [6, 6.07) is 12.6. The minimum atomic E-state index is -0.102. The number of pyridine rings is 2. The summed E-state index contributed by atoms with van der Waals surface area (Å²) >= 11 is 2.20. The first kappa shape index (κ1) is 22.4. The molecule has 6 rings (SSSR count). The van der Waals surface area contributed by atoms with Crippen molar-refractivity contribution in [1.82, 2.24) is 34.0 Å². The van der Waals surface area contributed by atoms with Gasteiger partial charge in [-0.25, -0.2) is 14.6 Å². The zero-order valence-electron chi connectivity index (χ0n) is 19.3. The highest BCUT2D eigenvalue weighted by atomic mass is 127. The first-order chi connectivity index (χ1) is 17.1. The fraction of sp³-hybridized carbons (Fsp3) is 0.280. The van der Waals surface area contributed by atoms with E-state index in [0.29, 0.717) is 5.82 Å². The summed E-state index contributed by atoms with van der Waals surface area (Å²) in [4.78, 5) is 15.9. The molecule has 0 saturated carbocycles. The fourth-order valence-electron chi connectivity index (χ4n) is 4.81. The zero-order valence-corrected chi connectivity index (χ0v) is 21.5. The number of aromatic nitrogens is 6. The van der Waals surface area contributed by atoms with Crippen molar-refractivity contribution in [3.05, 3.63) is 69.9 Å². The van der Waals surface area contributed by atoms with Crippen LogP contribution in [0.1, 0.15) is 24.1 Å². The molecule has 0 radical (unpaired) electrons. The Balaban J connectivity index is 1.47. The van der Waals surface area contributed by atoms with Crippen LogP contribution in [0.3, 0.4) is 0 Å². The van der Waals surface area contributed by atoms with Crippen molar-refractivity contribution in [2.75, 3.05) is 32.0 Å². The Morgan fingerprint density at radius 3 is 2.83 bits per heavy atom. The second kappa shape index (κ2) is 9.17. The smallest absolute Gasteiger partial charge is 0.165 e. The number of ether oxygens (including phenoxy) is 1. The topological polar surface area (TPSA) is 99.4 Å². The summed E-state index contributed by atoms with van der Waals surface area (Å²) in [6.07, 6.45) is 5.48. The summed E-state index contributed by atoms with van der Waals surface area (Å²) in [5.74, 6) is 0.442. The van der Waals surface area contributed by atoms with E-state index < -0.39 is 0 Å². The number of morpholine rings is 1. The van der Waals surface area contributed by atoms with Gasteiger partial charge in [-0.3, -0.25) is 9.88 Å². The lowest BCUT2D eigenvalue weighted by molar-refractivity contribution is 0.0342. The van der Waals surface area contributed by atoms with Crippen LogP contribution in [0.4, 0.5) is 5.82 Å². The Bertz CT molecular complexity index is 1520. The normalized spacial score (nSPS) is 15.7. The molecule has 0 spiro atoms. The van der Waals surface area contributed by atoms with E-state index in [1.54, 1.807) is 0 Å². The molecule has 0 bridgehead atoms. The average molecular weight is 580 g/mol. The van der Waals surface area contributed by atoms with Gasteiger partial charge >= 0.3 is 0 Å². The molecule has 0 aromatic carbocycles. The van der Waals surface area contributed by atoms with Gasteiger partial charge in [-0.15, -0.1) is 0 Å². The minimum Gasteiger partial charge on any atom is -0.383 e. The van der Waals surface area contributed by atoms with Crippen LogP contribution in [0.2, 0.25) is 0 Å². The third kappa shape index (κ3) is 4.05. The van der Waals surface area contributed by atoms with Gasteiger partial charge in [-0.05, 0) is 65.4 Å². The number of hydrogen-bond acceptors (Lipinski definition) is 7. The number of anilines is 1. The number of fused-ring (bicyclic) bond motifs is 2. The standard InChI is InChI=1S/C25H25IN8O/c1-16(34-25-21(23(26)31-34)24(27)29-15-30-25)19-13-18-4-2-3-7-33(18)22(19)20-12-17(5-6-28-20)14-32-8-10-35-11-9-32/h2-7,12-13,15-16H,8-11,14H2,1H3,(H2,27,29,30). The van der Waals surface area contributed by atoms with Gasteiger partial charge in [0.05, 0.1) is 36.0 Å². The Kier molecular flexibility index (Phi) is 5.86. The Morgan fingerprint density at radius 2 is 1.97 bits per heavy atom. The van der Waals surface area contributed by atoms with Gasteiger partial charge in [0.25, 0.3) is 0 Å². The first-order valence-electron chi connectivity index (χ1n) is 11.6. The van der Waals surface area contributed by atoms with Crippen LogP contribution in [0, 0.1) is 3.70 Å². The molecule has 10 heteroatoms. The molecule has 0 amide bonds.